The van der Waals surface area contributed by atoms with Gasteiger partial charge in [0.1, 0.15) is 11.5 Å². The van der Waals surface area contributed by atoms with Crippen molar-refractivity contribution in [3.05, 3.63) is 275 Å². The van der Waals surface area contributed by atoms with Gasteiger partial charge >= 0.3 is 0 Å². The van der Waals surface area contributed by atoms with Gasteiger partial charge < -0.3 is 29.2 Å². The Morgan fingerprint density at radius 1 is 0.247 bits per heavy atom. The molecule has 3 aliphatic heterocycles. The van der Waals surface area contributed by atoms with Crippen molar-refractivity contribution in [2.75, 3.05) is 24.5 Å². The van der Waals surface area contributed by atoms with E-state index in [0.717, 1.165) is 96.8 Å². The lowest BCUT2D eigenvalue weighted by atomic mass is 10.0. The average Bonchev–Trinajstić information content (AvgIpc) is 2.51. The first-order valence-electron chi connectivity index (χ1n) is 28.0. The summed E-state index contributed by atoms with van der Waals surface area (Å²) in [6.45, 7) is 17.3. The predicted molar refractivity (Wildman–Crippen MR) is 344 cm³/mol. The quantitative estimate of drug-likeness (QED) is 0.120. The van der Waals surface area contributed by atoms with Crippen LogP contribution in [-0.4, -0.2) is 0 Å². The maximum absolute atomic E-state index is 7.76. The summed E-state index contributed by atoms with van der Waals surface area (Å²) >= 11 is 0. The summed E-state index contributed by atoms with van der Waals surface area (Å²) in [6, 6.07) is 86.0. The third-order valence-electron chi connectivity index (χ3n) is 16.1. The lowest BCUT2D eigenvalue weighted by molar-refractivity contribution is 0.489. The van der Waals surface area contributed by atoms with Gasteiger partial charge in [-0.1, -0.05) is 142 Å². The molecule has 0 aliphatic carbocycles. The van der Waals surface area contributed by atoms with E-state index in [2.05, 4.69) is 310 Å². The molecule has 11 aromatic rings. The summed E-state index contributed by atoms with van der Waals surface area (Å²) in [5.74, 6) is 1.71. The van der Waals surface area contributed by atoms with Gasteiger partial charge in [0.15, 0.2) is 0 Å². The van der Waals surface area contributed by atoms with Gasteiger partial charge in [0.2, 0.25) is 0 Å². The fourth-order valence-corrected chi connectivity index (χ4v) is 14.7. The molecule has 0 amide bonds. The number of aryl methyl sites for hydroxylation is 8. The van der Waals surface area contributed by atoms with Crippen molar-refractivity contribution in [2.45, 2.75) is 55.4 Å². The Hall–Kier alpha value is -9.35. The van der Waals surface area contributed by atoms with Crippen LogP contribution in [0, 0.1) is 55.4 Å². The zero-order chi connectivity index (χ0) is 55.2. The van der Waals surface area contributed by atoms with Gasteiger partial charge in [-0.3, -0.25) is 0 Å². The van der Waals surface area contributed by atoms with Gasteiger partial charge in [-0.25, -0.2) is 0 Å². The number of anilines is 15. The van der Waals surface area contributed by atoms with Crippen molar-refractivity contribution in [1.82, 2.24) is 0 Å². The molecule has 3 heterocycles. The number of benzene rings is 11. The molecule has 14 rings (SSSR count). The number of ether oxygens (including phenoxy) is 1. The van der Waals surface area contributed by atoms with E-state index in [1.165, 1.54) is 60.4 Å². The minimum atomic E-state index is -1.26. The second-order valence-electron chi connectivity index (χ2n) is 22.3. The Kier molecular flexibility index (Phi) is 12.2. The van der Waals surface area contributed by atoms with E-state index in [0.29, 0.717) is 0 Å². The Morgan fingerprint density at radius 3 is 0.704 bits per heavy atom. The molecule has 0 saturated carbocycles. The Bertz CT molecular complexity index is 3840. The molecule has 0 atom stereocenters. The van der Waals surface area contributed by atoms with Gasteiger partial charge in [-0.15, -0.1) is 0 Å². The maximum atomic E-state index is 7.76. The van der Waals surface area contributed by atoms with Crippen molar-refractivity contribution < 1.29 is 4.74 Å². The fourth-order valence-electron chi connectivity index (χ4n) is 11.8. The summed E-state index contributed by atoms with van der Waals surface area (Å²) in [5, 5.41) is 3.70. The fraction of sp³-hybridized carbons (Fsp3) is 0.108. The van der Waals surface area contributed by atoms with Crippen LogP contribution in [0.1, 0.15) is 44.5 Å². The van der Waals surface area contributed by atoms with Crippen LogP contribution in [0.15, 0.2) is 231 Å². The zero-order valence-corrected chi connectivity index (χ0v) is 47.9. The van der Waals surface area contributed by atoms with E-state index in [1.807, 2.05) is 0 Å². The van der Waals surface area contributed by atoms with Gasteiger partial charge in [-0.05, 0) is 177 Å². The van der Waals surface area contributed by atoms with E-state index in [9.17, 15) is 0 Å². The van der Waals surface area contributed by atoms with Crippen molar-refractivity contribution in [1.29, 1.82) is 0 Å². The molecule has 0 aromatic heterocycles. The molecule has 0 bridgehead atoms. The lowest BCUT2D eigenvalue weighted by Crippen LogP contribution is -2.43. The highest BCUT2D eigenvalue weighted by Crippen LogP contribution is 2.64. The van der Waals surface area contributed by atoms with Crippen molar-refractivity contribution in [2.24, 2.45) is 0 Å². The normalized spacial score (nSPS) is 12.7. The smallest absolute Gasteiger partial charge is 0.139 e. The number of rotatable bonds is 11. The summed E-state index contributed by atoms with van der Waals surface area (Å²) in [6.07, 6.45) is 0. The lowest BCUT2D eigenvalue weighted by Gasteiger charge is -2.48. The highest BCUT2D eigenvalue weighted by atomic mass is 31.1. The number of nitrogens with zero attached hydrogens (tertiary/aromatic N) is 5. The van der Waals surface area contributed by atoms with E-state index >= 15 is 0 Å². The number of hydrogen-bond acceptors (Lipinski definition) is 6. The van der Waals surface area contributed by atoms with Crippen LogP contribution in [-0.2, 0) is 0 Å². The molecular weight excluding hydrogens is 1010 g/mol. The van der Waals surface area contributed by atoms with Gasteiger partial charge in [-0.2, -0.15) is 0 Å². The summed E-state index contributed by atoms with van der Waals surface area (Å²) in [7, 11) is -1.26. The maximum Gasteiger partial charge on any atom is 0.139 e. The van der Waals surface area contributed by atoms with Crippen molar-refractivity contribution in [3.8, 4) is 11.5 Å². The first kappa shape index (κ1) is 49.9. The van der Waals surface area contributed by atoms with Crippen LogP contribution in [0.2, 0.25) is 0 Å². The zero-order valence-electron chi connectivity index (χ0n) is 47.0. The van der Waals surface area contributed by atoms with Gasteiger partial charge in [0.25, 0.3) is 0 Å². The standard InChI is InChI=1S/C74H62N5OP/c1-47-9-25-55(26-10-47)75(56-27-11-48(2)12-28-56)63-41-66-72-67(42-63)79(62-39-23-54(8)24-40-62)69-44-65(77(59-33-17-51(5)18-34-59)60-35-19-52(6)20-36-60)46-71-74(69)81(72)73-68(78(66)61-37-21-53(7)22-38-61)43-64(45-70(73)80-71)76(57-29-13-49(3)14-30-57)58-31-15-50(4)16-32-58/h9-46H,1-8H3. The molecule has 0 fully saturated rings. The highest BCUT2D eigenvalue weighted by Gasteiger charge is 2.48. The molecular formula is C74H62N5OP. The first-order valence-corrected chi connectivity index (χ1v) is 29.3. The largest absolute Gasteiger partial charge is 0.456 e. The topological polar surface area (TPSA) is 25.4 Å². The first-order chi connectivity index (χ1) is 39.4. The van der Waals surface area contributed by atoms with Crippen LogP contribution in [0.4, 0.5) is 85.3 Å². The van der Waals surface area contributed by atoms with Crippen LogP contribution in [0.3, 0.4) is 0 Å². The molecule has 6 nitrogen and oxygen atoms in total. The molecule has 394 valence electrons. The monoisotopic (exact) mass is 1070 g/mol. The molecule has 11 aromatic carbocycles. The van der Waals surface area contributed by atoms with Crippen LogP contribution < -0.4 is 45.2 Å². The van der Waals surface area contributed by atoms with Gasteiger partial charge in [0.05, 0.1) is 50.4 Å². The predicted octanol–water partition coefficient (Wildman–Crippen LogP) is 20.0. The molecule has 0 saturated heterocycles. The average molecular weight is 1070 g/mol. The molecule has 7 heteroatoms. The van der Waals surface area contributed by atoms with Crippen molar-refractivity contribution >= 4 is 109 Å². The Labute approximate surface area is 477 Å². The summed E-state index contributed by atoms with van der Waals surface area (Å²) in [4.78, 5) is 12.3. The Morgan fingerprint density at radius 2 is 0.457 bits per heavy atom. The highest BCUT2D eigenvalue weighted by molar-refractivity contribution is 7.81. The van der Waals surface area contributed by atoms with E-state index in [1.54, 1.807) is 0 Å². The van der Waals surface area contributed by atoms with E-state index in [4.69, 9.17) is 4.74 Å². The second-order valence-corrected chi connectivity index (χ2v) is 24.3. The van der Waals surface area contributed by atoms with Crippen molar-refractivity contribution in [3.63, 3.8) is 0 Å². The third kappa shape index (κ3) is 8.79. The molecule has 0 N–H and O–H groups in total. The van der Waals surface area contributed by atoms with E-state index < -0.39 is 7.92 Å². The molecule has 0 spiro atoms. The van der Waals surface area contributed by atoms with E-state index in [-0.39, 0.29) is 0 Å². The van der Waals surface area contributed by atoms with Crippen LogP contribution >= 0.6 is 7.92 Å². The summed E-state index contributed by atoms with van der Waals surface area (Å²) < 4.78 is 7.76. The second kappa shape index (κ2) is 19.8. The number of hydrogen-bond donors (Lipinski definition) is 0. The molecule has 0 radical (unpaired) electrons. The summed E-state index contributed by atoms with van der Waals surface area (Å²) in [5.41, 5.74) is 25.7. The minimum Gasteiger partial charge on any atom is -0.456 e. The molecule has 81 heavy (non-hydrogen) atoms. The third-order valence-corrected chi connectivity index (χ3v) is 18.8. The minimum absolute atomic E-state index is 0.855. The van der Waals surface area contributed by atoms with Crippen LogP contribution in [0.5, 0.6) is 11.5 Å². The molecule has 0 unspecified atom stereocenters. The van der Waals surface area contributed by atoms with Gasteiger partial charge in [0, 0.05) is 70.9 Å². The Balaban J connectivity index is 1.12. The molecule has 3 aliphatic rings. The van der Waals surface area contributed by atoms with Crippen LogP contribution in [0.25, 0.3) is 0 Å². The SMILES string of the molecule is Cc1ccc(N(c2ccc(C)cc2)c2cc3c4c(c2)N(c2ccc(C)cc2)c2cc(N(c5ccc(C)cc5)c5ccc(C)cc5)cc5c2P4c2c(cc(N(c4ccc(C)cc4)c4ccc(C)cc4)cc2N5c2ccc(C)cc2)O3)cc1.